The van der Waals surface area contributed by atoms with Crippen molar-refractivity contribution >= 4 is 0 Å². The Morgan fingerprint density at radius 3 is 2.18 bits per heavy atom. The van der Waals surface area contributed by atoms with E-state index in [9.17, 15) is 0 Å². The third-order valence-electron chi connectivity index (χ3n) is 1.42. The van der Waals surface area contributed by atoms with Crippen LogP contribution in [0.2, 0.25) is 0 Å². The molecule has 0 N–H and O–H groups in total. The molecule has 0 unspecified atom stereocenters. The van der Waals surface area contributed by atoms with Crippen molar-refractivity contribution in [2.75, 3.05) is 0 Å². The molecule has 0 aliphatic carbocycles. The highest BCUT2D eigenvalue weighted by Crippen LogP contribution is 1.97. The summed E-state index contributed by atoms with van der Waals surface area (Å²) in [4.78, 5) is 0. The molecule has 0 aliphatic rings. The quantitative estimate of drug-likeness (QED) is 0.317. The lowest BCUT2D eigenvalue weighted by molar-refractivity contribution is 0.867. The first-order valence-electron chi connectivity index (χ1n) is 4.30. The topological polar surface area (TPSA) is 0 Å². The minimum absolute atomic E-state index is 1.19. The molecular formula is C11H18. The summed E-state index contributed by atoms with van der Waals surface area (Å²) in [6, 6.07) is 0. The van der Waals surface area contributed by atoms with Gasteiger partial charge in [0.2, 0.25) is 0 Å². The van der Waals surface area contributed by atoms with Crippen LogP contribution in [0, 0.1) is 0 Å². The molecule has 0 saturated carbocycles. The molecule has 11 heavy (non-hydrogen) atoms. The zero-order valence-corrected chi connectivity index (χ0v) is 7.59. The van der Waals surface area contributed by atoms with Crippen LogP contribution in [0.5, 0.6) is 0 Å². The van der Waals surface area contributed by atoms with Gasteiger partial charge in [-0.25, -0.2) is 0 Å². The average molecular weight is 150 g/mol. The lowest BCUT2D eigenvalue weighted by atomic mass is 10.2. The second kappa shape index (κ2) is 9.22. The van der Waals surface area contributed by atoms with Crippen LogP contribution in [0.4, 0.5) is 0 Å². The molecule has 0 bridgehead atoms. The fourth-order valence-corrected chi connectivity index (χ4v) is 0.806. The molecule has 62 valence electrons. The van der Waals surface area contributed by atoms with E-state index in [4.69, 9.17) is 0 Å². The fourth-order valence-electron chi connectivity index (χ4n) is 0.806. The van der Waals surface area contributed by atoms with Crippen LogP contribution in [0.1, 0.15) is 33.1 Å². The number of rotatable bonds is 5. The van der Waals surface area contributed by atoms with Crippen molar-refractivity contribution in [1.82, 2.24) is 0 Å². The predicted octanol–water partition coefficient (Wildman–Crippen LogP) is 3.87. The maximum atomic E-state index is 2.21. The Kier molecular flexibility index (Phi) is 8.57. The van der Waals surface area contributed by atoms with Crippen molar-refractivity contribution in [3.63, 3.8) is 0 Å². The summed E-state index contributed by atoms with van der Waals surface area (Å²) in [6.07, 6.45) is 16.4. The van der Waals surface area contributed by atoms with Gasteiger partial charge in [0, 0.05) is 0 Å². The van der Waals surface area contributed by atoms with Gasteiger partial charge in [-0.15, -0.1) is 0 Å². The van der Waals surface area contributed by atoms with Crippen LogP contribution in [0.3, 0.4) is 0 Å². The molecule has 0 saturated heterocycles. The van der Waals surface area contributed by atoms with Gasteiger partial charge in [0.05, 0.1) is 0 Å². The summed E-state index contributed by atoms with van der Waals surface area (Å²) in [5.41, 5.74) is 0. The maximum Gasteiger partial charge on any atom is -0.0345 e. The fraction of sp³-hybridized carbons (Fsp3) is 0.455. The van der Waals surface area contributed by atoms with Gasteiger partial charge in [0.1, 0.15) is 0 Å². The van der Waals surface area contributed by atoms with E-state index in [0.29, 0.717) is 0 Å². The Morgan fingerprint density at radius 1 is 0.818 bits per heavy atom. The molecule has 0 heteroatoms. The number of hydrogen-bond acceptors (Lipinski definition) is 0. The summed E-state index contributed by atoms with van der Waals surface area (Å²) in [5, 5.41) is 0. The van der Waals surface area contributed by atoms with E-state index in [0.717, 1.165) is 0 Å². The van der Waals surface area contributed by atoms with E-state index in [-0.39, 0.29) is 0 Å². The van der Waals surface area contributed by atoms with Crippen molar-refractivity contribution in [3.8, 4) is 0 Å². The Hall–Kier alpha value is -0.780. The molecule has 0 heterocycles. The molecule has 0 radical (unpaired) electrons. The standard InChI is InChI=1S/C11H18/c1-3-5-7-9-11-10-8-6-4-2/h3-7,9H,8,10-11H2,1-2H3. The molecule has 0 atom stereocenters. The van der Waals surface area contributed by atoms with E-state index >= 15 is 0 Å². The zero-order valence-electron chi connectivity index (χ0n) is 7.59. The van der Waals surface area contributed by atoms with Gasteiger partial charge in [-0.05, 0) is 33.1 Å². The van der Waals surface area contributed by atoms with Gasteiger partial charge in [-0.1, -0.05) is 36.5 Å². The third-order valence-corrected chi connectivity index (χ3v) is 1.42. The monoisotopic (exact) mass is 150 g/mol. The Bertz CT molecular complexity index is 138. The van der Waals surface area contributed by atoms with E-state index in [1.54, 1.807) is 0 Å². The van der Waals surface area contributed by atoms with Crippen LogP contribution in [-0.4, -0.2) is 0 Å². The third kappa shape index (κ3) is 9.22. The van der Waals surface area contributed by atoms with Crippen LogP contribution in [-0.2, 0) is 0 Å². The van der Waals surface area contributed by atoms with Gasteiger partial charge >= 0.3 is 0 Å². The van der Waals surface area contributed by atoms with Crippen molar-refractivity contribution in [1.29, 1.82) is 0 Å². The summed E-state index contributed by atoms with van der Waals surface area (Å²) in [5.74, 6) is 0. The molecule has 0 aliphatic heterocycles. The molecule has 0 spiro atoms. The molecule has 0 amide bonds. The summed E-state index contributed by atoms with van der Waals surface area (Å²) >= 11 is 0. The van der Waals surface area contributed by atoms with Crippen LogP contribution >= 0.6 is 0 Å². The Morgan fingerprint density at radius 2 is 1.55 bits per heavy atom. The molecule has 0 aromatic carbocycles. The normalized spacial score (nSPS) is 12.5. The highest BCUT2D eigenvalue weighted by molar-refractivity contribution is 5.00. The smallest absolute Gasteiger partial charge is 0.0345 e. The van der Waals surface area contributed by atoms with E-state index < -0.39 is 0 Å². The highest BCUT2D eigenvalue weighted by atomic mass is 13.8. The SMILES string of the molecule is CC=CC=CCCCC=CC. The summed E-state index contributed by atoms with van der Waals surface area (Å²) in [7, 11) is 0. The van der Waals surface area contributed by atoms with E-state index in [2.05, 4.69) is 37.3 Å². The second-order valence-electron chi connectivity index (χ2n) is 2.45. The Balaban J connectivity index is 3.13. The van der Waals surface area contributed by atoms with Crippen LogP contribution in [0.25, 0.3) is 0 Å². The van der Waals surface area contributed by atoms with Crippen LogP contribution < -0.4 is 0 Å². The summed E-state index contributed by atoms with van der Waals surface area (Å²) in [6.45, 7) is 4.10. The zero-order chi connectivity index (χ0) is 8.36. The predicted molar refractivity (Wildman–Crippen MR) is 52.6 cm³/mol. The maximum absolute atomic E-state index is 2.21. The first-order valence-corrected chi connectivity index (χ1v) is 4.30. The largest absolute Gasteiger partial charge is 0.0917 e. The molecule has 0 rings (SSSR count). The minimum Gasteiger partial charge on any atom is -0.0917 e. The van der Waals surface area contributed by atoms with Gasteiger partial charge in [0.15, 0.2) is 0 Å². The molecular weight excluding hydrogens is 132 g/mol. The lowest BCUT2D eigenvalue weighted by Gasteiger charge is -1.87. The van der Waals surface area contributed by atoms with Crippen molar-refractivity contribution in [2.45, 2.75) is 33.1 Å². The van der Waals surface area contributed by atoms with Gasteiger partial charge in [0.25, 0.3) is 0 Å². The van der Waals surface area contributed by atoms with Gasteiger partial charge in [-0.2, -0.15) is 0 Å². The number of allylic oxidation sites excluding steroid dienone is 6. The van der Waals surface area contributed by atoms with E-state index in [1.807, 2.05) is 13.0 Å². The first-order chi connectivity index (χ1) is 5.41. The molecule has 0 aromatic heterocycles. The van der Waals surface area contributed by atoms with Gasteiger partial charge < -0.3 is 0 Å². The Labute approximate surface area is 70.3 Å². The van der Waals surface area contributed by atoms with Crippen molar-refractivity contribution in [2.24, 2.45) is 0 Å². The van der Waals surface area contributed by atoms with Crippen molar-refractivity contribution in [3.05, 3.63) is 36.5 Å². The first kappa shape index (κ1) is 10.2. The second-order valence-corrected chi connectivity index (χ2v) is 2.45. The minimum atomic E-state index is 1.19. The molecule has 0 aromatic rings. The average Bonchev–Trinajstić information content (AvgIpc) is 2.03. The van der Waals surface area contributed by atoms with E-state index in [1.165, 1.54) is 19.3 Å². The van der Waals surface area contributed by atoms with Gasteiger partial charge in [-0.3, -0.25) is 0 Å². The highest BCUT2D eigenvalue weighted by Gasteiger charge is 1.77. The van der Waals surface area contributed by atoms with Crippen molar-refractivity contribution < 1.29 is 0 Å². The number of unbranched alkanes of at least 4 members (excludes halogenated alkanes) is 2. The molecule has 0 nitrogen and oxygen atoms in total. The molecule has 0 fully saturated rings. The number of hydrogen-bond donors (Lipinski definition) is 0. The summed E-state index contributed by atoms with van der Waals surface area (Å²) < 4.78 is 0. The lowest BCUT2D eigenvalue weighted by Crippen LogP contribution is -1.67. The van der Waals surface area contributed by atoms with Crippen LogP contribution in [0.15, 0.2) is 36.5 Å².